The van der Waals surface area contributed by atoms with E-state index in [1.54, 1.807) is 30.3 Å². The standard InChI is InChI=1S/C13H13ClN2O2S/c1-16(11-5-3-2-4-6-11)19(17,18)13-9-10(15)7-8-12(13)14/h2-9H,15H2,1H3. The van der Waals surface area contributed by atoms with Crippen LogP contribution >= 0.6 is 11.6 Å². The summed E-state index contributed by atoms with van der Waals surface area (Å²) in [5.74, 6) is 0. The number of rotatable bonds is 3. The van der Waals surface area contributed by atoms with E-state index in [0.717, 1.165) is 0 Å². The molecule has 4 nitrogen and oxygen atoms in total. The predicted molar refractivity (Wildman–Crippen MR) is 77.9 cm³/mol. The number of sulfonamides is 1. The number of hydrogen-bond donors (Lipinski definition) is 1. The van der Waals surface area contributed by atoms with Gasteiger partial charge >= 0.3 is 0 Å². The minimum atomic E-state index is -3.72. The van der Waals surface area contributed by atoms with E-state index in [1.165, 1.54) is 23.5 Å². The Balaban J connectivity index is 2.51. The fraction of sp³-hybridized carbons (Fsp3) is 0.0769. The van der Waals surface area contributed by atoms with Crippen molar-refractivity contribution in [3.8, 4) is 0 Å². The molecular formula is C13H13ClN2O2S. The maximum absolute atomic E-state index is 12.5. The fourth-order valence-corrected chi connectivity index (χ4v) is 3.35. The molecule has 0 radical (unpaired) electrons. The van der Waals surface area contributed by atoms with E-state index in [0.29, 0.717) is 11.4 Å². The van der Waals surface area contributed by atoms with Gasteiger partial charge in [-0.1, -0.05) is 29.8 Å². The molecule has 0 spiro atoms. The lowest BCUT2D eigenvalue weighted by Crippen LogP contribution is -2.26. The first-order valence-corrected chi connectivity index (χ1v) is 7.34. The van der Waals surface area contributed by atoms with E-state index in [1.807, 2.05) is 6.07 Å². The summed E-state index contributed by atoms with van der Waals surface area (Å²) in [4.78, 5) is 0.000481. The summed E-state index contributed by atoms with van der Waals surface area (Å²) in [6.45, 7) is 0. The summed E-state index contributed by atoms with van der Waals surface area (Å²) >= 11 is 5.95. The molecule has 0 bridgehead atoms. The highest BCUT2D eigenvalue weighted by Crippen LogP contribution is 2.28. The zero-order chi connectivity index (χ0) is 14.0. The topological polar surface area (TPSA) is 63.4 Å². The first-order chi connectivity index (χ1) is 8.93. The predicted octanol–water partition coefficient (Wildman–Crippen LogP) is 2.75. The van der Waals surface area contributed by atoms with Gasteiger partial charge in [0.1, 0.15) is 4.90 Å². The van der Waals surface area contributed by atoms with E-state index in [-0.39, 0.29) is 9.92 Å². The van der Waals surface area contributed by atoms with Crippen LogP contribution in [0.15, 0.2) is 53.4 Å². The Labute approximate surface area is 117 Å². The minimum absolute atomic E-state index is 0.000481. The average molecular weight is 297 g/mol. The largest absolute Gasteiger partial charge is 0.399 e. The molecule has 2 aromatic rings. The summed E-state index contributed by atoms with van der Waals surface area (Å²) in [6, 6.07) is 13.2. The molecule has 0 heterocycles. The molecule has 0 atom stereocenters. The summed E-state index contributed by atoms with van der Waals surface area (Å²) < 4.78 is 26.2. The highest BCUT2D eigenvalue weighted by Gasteiger charge is 2.24. The van der Waals surface area contributed by atoms with E-state index in [9.17, 15) is 8.42 Å². The summed E-state index contributed by atoms with van der Waals surface area (Å²) in [7, 11) is -2.25. The van der Waals surface area contributed by atoms with Crippen LogP contribution in [-0.4, -0.2) is 15.5 Å². The quantitative estimate of drug-likeness (QED) is 0.886. The number of para-hydroxylation sites is 1. The lowest BCUT2D eigenvalue weighted by molar-refractivity contribution is 0.594. The first-order valence-electron chi connectivity index (χ1n) is 5.52. The van der Waals surface area contributed by atoms with Gasteiger partial charge in [-0.3, -0.25) is 4.31 Å². The van der Waals surface area contributed by atoms with Gasteiger partial charge in [0.25, 0.3) is 10.0 Å². The van der Waals surface area contributed by atoms with Gasteiger partial charge < -0.3 is 5.73 Å². The van der Waals surface area contributed by atoms with Crippen molar-refractivity contribution in [1.82, 2.24) is 0 Å². The molecule has 2 rings (SSSR count). The molecular weight excluding hydrogens is 284 g/mol. The van der Waals surface area contributed by atoms with Crippen molar-refractivity contribution < 1.29 is 8.42 Å². The molecule has 0 fully saturated rings. The van der Waals surface area contributed by atoms with Crippen molar-refractivity contribution in [2.75, 3.05) is 17.1 Å². The maximum atomic E-state index is 12.5. The van der Waals surface area contributed by atoms with Crippen molar-refractivity contribution in [2.24, 2.45) is 0 Å². The smallest absolute Gasteiger partial charge is 0.265 e. The number of benzene rings is 2. The van der Waals surface area contributed by atoms with Gasteiger partial charge in [0, 0.05) is 12.7 Å². The van der Waals surface area contributed by atoms with E-state index in [4.69, 9.17) is 17.3 Å². The van der Waals surface area contributed by atoms with Gasteiger partial charge in [-0.15, -0.1) is 0 Å². The molecule has 19 heavy (non-hydrogen) atoms. The van der Waals surface area contributed by atoms with Crippen LogP contribution in [0.5, 0.6) is 0 Å². The molecule has 0 saturated heterocycles. The lowest BCUT2D eigenvalue weighted by atomic mass is 10.3. The van der Waals surface area contributed by atoms with Crippen LogP contribution in [0, 0.1) is 0 Å². The Kier molecular flexibility index (Phi) is 3.68. The minimum Gasteiger partial charge on any atom is -0.399 e. The van der Waals surface area contributed by atoms with Gasteiger partial charge in [-0.25, -0.2) is 8.42 Å². The maximum Gasteiger partial charge on any atom is 0.265 e. The molecule has 2 N–H and O–H groups in total. The van der Waals surface area contributed by atoms with Gasteiger partial charge in [-0.2, -0.15) is 0 Å². The van der Waals surface area contributed by atoms with Gasteiger partial charge in [0.05, 0.1) is 10.7 Å². The molecule has 0 amide bonds. The number of nitrogens with zero attached hydrogens (tertiary/aromatic N) is 1. The van der Waals surface area contributed by atoms with Crippen molar-refractivity contribution in [2.45, 2.75) is 4.90 Å². The van der Waals surface area contributed by atoms with Crippen LogP contribution in [0.2, 0.25) is 5.02 Å². The van der Waals surface area contributed by atoms with Gasteiger partial charge in [-0.05, 0) is 30.3 Å². The average Bonchev–Trinajstić information content (AvgIpc) is 2.41. The molecule has 0 aliphatic carbocycles. The Hall–Kier alpha value is -1.72. The second-order valence-electron chi connectivity index (χ2n) is 4.00. The summed E-state index contributed by atoms with van der Waals surface area (Å²) in [5, 5.41) is 0.150. The number of anilines is 2. The second kappa shape index (κ2) is 5.11. The molecule has 0 aliphatic rings. The lowest BCUT2D eigenvalue weighted by Gasteiger charge is -2.20. The molecule has 100 valence electrons. The van der Waals surface area contributed by atoms with Crippen LogP contribution in [0.3, 0.4) is 0 Å². The Morgan fingerprint density at radius 3 is 2.37 bits per heavy atom. The molecule has 0 unspecified atom stereocenters. The third kappa shape index (κ3) is 2.67. The Morgan fingerprint density at radius 2 is 1.74 bits per heavy atom. The monoisotopic (exact) mass is 296 g/mol. The van der Waals surface area contributed by atoms with Crippen LogP contribution < -0.4 is 10.0 Å². The van der Waals surface area contributed by atoms with Crippen LogP contribution in [-0.2, 0) is 10.0 Å². The van der Waals surface area contributed by atoms with Gasteiger partial charge in [0.2, 0.25) is 0 Å². The highest BCUT2D eigenvalue weighted by molar-refractivity contribution is 7.93. The van der Waals surface area contributed by atoms with E-state index >= 15 is 0 Å². The fourth-order valence-electron chi connectivity index (χ4n) is 1.64. The number of nitrogens with two attached hydrogens (primary N) is 1. The highest BCUT2D eigenvalue weighted by atomic mass is 35.5. The number of hydrogen-bond acceptors (Lipinski definition) is 3. The molecule has 0 aromatic heterocycles. The zero-order valence-corrected chi connectivity index (χ0v) is 11.8. The van der Waals surface area contributed by atoms with Crippen molar-refractivity contribution >= 4 is 33.0 Å². The number of nitrogen functional groups attached to an aromatic ring is 1. The van der Waals surface area contributed by atoms with Crippen molar-refractivity contribution in [3.05, 3.63) is 53.6 Å². The Morgan fingerprint density at radius 1 is 1.11 bits per heavy atom. The second-order valence-corrected chi connectivity index (χ2v) is 6.34. The van der Waals surface area contributed by atoms with Gasteiger partial charge in [0.15, 0.2) is 0 Å². The number of halogens is 1. The van der Waals surface area contributed by atoms with Crippen molar-refractivity contribution in [3.63, 3.8) is 0 Å². The first kappa shape index (κ1) is 13.7. The molecule has 0 saturated carbocycles. The van der Waals surface area contributed by atoms with Crippen LogP contribution in [0.25, 0.3) is 0 Å². The summed E-state index contributed by atoms with van der Waals surface area (Å²) in [5.41, 5.74) is 6.53. The summed E-state index contributed by atoms with van der Waals surface area (Å²) in [6.07, 6.45) is 0. The molecule has 0 aliphatic heterocycles. The van der Waals surface area contributed by atoms with Crippen LogP contribution in [0.4, 0.5) is 11.4 Å². The SMILES string of the molecule is CN(c1ccccc1)S(=O)(=O)c1cc(N)ccc1Cl. The molecule has 6 heteroatoms. The Bertz CT molecular complexity index is 687. The van der Waals surface area contributed by atoms with E-state index in [2.05, 4.69) is 0 Å². The van der Waals surface area contributed by atoms with Crippen LogP contribution in [0.1, 0.15) is 0 Å². The van der Waals surface area contributed by atoms with Crippen molar-refractivity contribution in [1.29, 1.82) is 0 Å². The normalized spacial score (nSPS) is 11.3. The zero-order valence-electron chi connectivity index (χ0n) is 10.2. The molecule has 2 aromatic carbocycles. The third-order valence-electron chi connectivity index (χ3n) is 2.71. The van der Waals surface area contributed by atoms with E-state index < -0.39 is 10.0 Å². The third-order valence-corrected chi connectivity index (χ3v) is 4.98.